The first-order valence-electron chi connectivity index (χ1n) is 5.41. The molecule has 1 fully saturated rings. The number of aromatic amines is 2. The fraction of sp³-hybridized carbons (Fsp3) is 0.556. The van der Waals surface area contributed by atoms with Crippen molar-refractivity contribution in [1.29, 1.82) is 0 Å². The molecule has 3 rings (SSSR count). The monoisotopic (exact) mass is 237 g/mol. The van der Waals surface area contributed by atoms with Crippen LogP contribution in [0.2, 0.25) is 0 Å². The van der Waals surface area contributed by atoms with Crippen LogP contribution in [-0.2, 0) is 11.3 Å². The van der Waals surface area contributed by atoms with Crippen LogP contribution in [-0.4, -0.2) is 37.7 Å². The van der Waals surface area contributed by atoms with E-state index >= 15 is 0 Å². The molecule has 2 aromatic heterocycles. The Kier molecular flexibility index (Phi) is 2.29. The van der Waals surface area contributed by atoms with Gasteiger partial charge in [0.05, 0.1) is 12.6 Å². The molecule has 0 bridgehead atoms. The Balaban J connectivity index is 2.05. The first kappa shape index (κ1) is 10.2. The van der Waals surface area contributed by atoms with Crippen molar-refractivity contribution in [2.45, 2.75) is 25.5 Å². The third kappa shape index (κ3) is 1.76. The first-order valence-corrected chi connectivity index (χ1v) is 5.41. The highest BCUT2D eigenvalue weighted by Gasteiger charge is 2.18. The Morgan fingerprint density at radius 3 is 3.06 bits per heavy atom. The van der Waals surface area contributed by atoms with Crippen molar-refractivity contribution in [3.8, 4) is 0 Å². The lowest BCUT2D eigenvalue weighted by Crippen LogP contribution is -2.23. The van der Waals surface area contributed by atoms with Crippen molar-refractivity contribution in [2.24, 2.45) is 0 Å². The van der Waals surface area contributed by atoms with Gasteiger partial charge in [-0.25, -0.2) is 9.48 Å². The van der Waals surface area contributed by atoms with E-state index in [-0.39, 0.29) is 11.6 Å². The highest BCUT2D eigenvalue weighted by atomic mass is 16.5. The van der Waals surface area contributed by atoms with Crippen molar-refractivity contribution < 1.29 is 4.74 Å². The summed E-state index contributed by atoms with van der Waals surface area (Å²) in [5, 5.41) is 7.60. The Morgan fingerprint density at radius 1 is 1.41 bits per heavy atom. The number of H-pyrrole nitrogens is 2. The van der Waals surface area contributed by atoms with Crippen molar-refractivity contribution in [3.05, 3.63) is 20.8 Å². The Hall–Kier alpha value is -1.96. The molecule has 2 aromatic rings. The van der Waals surface area contributed by atoms with Gasteiger partial charge in [-0.05, 0) is 12.8 Å². The number of ether oxygens (including phenoxy) is 1. The Morgan fingerprint density at radius 2 is 2.29 bits per heavy atom. The highest BCUT2D eigenvalue weighted by molar-refractivity contribution is 5.67. The minimum absolute atomic E-state index is 0.0719. The third-order valence-corrected chi connectivity index (χ3v) is 2.81. The fourth-order valence-electron chi connectivity index (χ4n) is 2.00. The first-order chi connectivity index (χ1) is 8.24. The largest absolute Gasteiger partial charge is 0.376 e. The number of hydrogen-bond donors (Lipinski definition) is 2. The Labute approximate surface area is 94.6 Å². The molecule has 17 heavy (non-hydrogen) atoms. The maximum atomic E-state index is 11.4. The van der Waals surface area contributed by atoms with Crippen molar-refractivity contribution >= 4 is 11.2 Å². The number of fused-ring (bicyclic) bond motifs is 1. The van der Waals surface area contributed by atoms with Crippen LogP contribution in [0.5, 0.6) is 0 Å². The van der Waals surface area contributed by atoms with Crippen LogP contribution in [0.4, 0.5) is 0 Å². The van der Waals surface area contributed by atoms with E-state index < -0.39 is 11.2 Å². The summed E-state index contributed by atoms with van der Waals surface area (Å²) >= 11 is 0. The van der Waals surface area contributed by atoms with E-state index in [9.17, 15) is 9.59 Å². The van der Waals surface area contributed by atoms with Gasteiger partial charge in [-0.3, -0.25) is 14.8 Å². The summed E-state index contributed by atoms with van der Waals surface area (Å²) in [6.45, 7) is 1.24. The van der Waals surface area contributed by atoms with Gasteiger partial charge in [-0.1, -0.05) is 5.21 Å². The van der Waals surface area contributed by atoms with E-state index in [4.69, 9.17) is 4.74 Å². The number of nitrogens with zero attached hydrogens (tertiary/aromatic N) is 3. The van der Waals surface area contributed by atoms with Crippen LogP contribution in [0.1, 0.15) is 12.8 Å². The lowest BCUT2D eigenvalue weighted by molar-refractivity contribution is 0.0944. The summed E-state index contributed by atoms with van der Waals surface area (Å²) in [5.41, 5.74) is -0.599. The highest BCUT2D eigenvalue weighted by Crippen LogP contribution is 2.14. The zero-order chi connectivity index (χ0) is 11.8. The van der Waals surface area contributed by atoms with Gasteiger partial charge in [-0.2, -0.15) is 0 Å². The molecule has 2 N–H and O–H groups in total. The van der Waals surface area contributed by atoms with Crippen LogP contribution < -0.4 is 11.2 Å². The summed E-state index contributed by atoms with van der Waals surface area (Å²) in [6, 6.07) is 0. The predicted molar refractivity (Wildman–Crippen MR) is 57.7 cm³/mol. The molecule has 0 spiro atoms. The normalized spacial score (nSPS) is 20.1. The van der Waals surface area contributed by atoms with Crippen molar-refractivity contribution in [3.63, 3.8) is 0 Å². The summed E-state index contributed by atoms with van der Waals surface area (Å²) < 4.78 is 6.97. The van der Waals surface area contributed by atoms with Crippen LogP contribution in [0.15, 0.2) is 9.59 Å². The average Bonchev–Trinajstić information content (AvgIpc) is 2.89. The summed E-state index contributed by atoms with van der Waals surface area (Å²) in [4.78, 5) is 27.2. The minimum atomic E-state index is -0.557. The fourth-order valence-corrected chi connectivity index (χ4v) is 2.00. The molecular weight excluding hydrogens is 226 g/mol. The molecule has 1 saturated heterocycles. The summed E-state index contributed by atoms with van der Waals surface area (Å²) in [5.74, 6) is 0. The second-order valence-corrected chi connectivity index (χ2v) is 4.01. The van der Waals surface area contributed by atoms with Gasteiger partial charge in [0, 0.05) is 6.61 Å². The lowest BCUT2D eigenvalue weighted by atomic mass is 10.2. The summed E-state index contributed by atoms with van der Waals surface area (Å²) in [7, 11) is 0. The van der Waals surface area contributed by atoms with Gasteiger partial charge < -0.3 is 4.74 Å². The smallest absolute Gasteiger partial charge is 0.327 e. The number of rotatable bonds is 2. The van der Waals surface area contributed by atoms with E-state index in [1.165, 1.54) is 4.68 Å². The molecule has 0 radical (unpaired) electrons. The molecule has 8 heteroatoms. The molecule has 0 amide bonds. The SMILES string of the molecule is O=c1[nH]c(=O)c2nnn(CC3CCCO3)c2[nH]1. The van der Waals surface area contributed by atoms with Crippen molar-refractivity contribution in [1.82, 2.24) is 25.0 Å². The van der Waals surface area contributed by atoms with E-state index in [1.54, 1.807) is 0 Å². The molecule has 0 aliphatic carbocycles. The quantitative estimate of drug-likeness (QED) is 0.696. The third-order valence-electron chi connectivity index (χ3n) is 2.81. The second-order valence-electron chi connectivity index (χ2n) is 4.01. The van der Waals surface area contributed by atoms with Gasteiger partial charge in [-0.15, -0.1) is 5.10 Å². The molecule has 1 atom stereocenters. The zero-order valence-corrected chi connectivity index (χ0v) is 8.97. The molecule has 8 nitrogen and oxygen atoms in total. The second kappa shape index (κ2) is 3.81. The Bertz CT molecular complexity index is 648. The van der Waals surface area contributed by atoms with Gasteiger partial charge >= 0.3 is 5.69 Å². The minimum Gasteiger partial charge on any atom is -0.376 e. The molecule has 3 heterocycles. The van der Waals surface area contributed by atoms with Crippen LogP contribution >= 0.6 is 0 Å². The van der Waals surface area contributed by atoms with Gasteiger partial charge in [0.15, 0.2) is 11.2 Å². The number of nitrogens with one attached hydrogen (secondary N) is 2. The van der Waals surface area contributed by atoms with E-state index in [0.29, 0.717) is 12.2 Å². The topological polar surface area (TPSA) is 106 Å². The maximum Gasteiger partial charge on any atom is 0.327 e. The lowest BCUT2D eigenvalue weighted by Gasteiger charge is -2.08. The molecule has 90 valence electrons. The molecular formula is C9H11N5O3. The molecule has 0 aromatic carbocycles. The molecule has 1 unspecified atom stereocenters. The van der Waals surface area contributed by atoms with Crippen molar-refractivity contribution in [2.75, 3.05) is 6.61 Å². The number of aromatic nitrogens is 5. The van der Waals surface area contributed by atoms with E-state index in [2.05, 4.69) is 20.3 Å². The predicted octanol–water partition coefficient (Wildman–Crippen LogP) is -1.01. The van der Waals surface area contributed by atoms with Crippen LogP contribution in [0, 0.1) is 0 Å². The van der Waals surface area contributed by atoms with Gasteiger partial charge in [0.2, 0.25) is 0 Å². The van der Waals surface area contributed by atoms with E-state index in [1.807, 2.05) is 0 Å². The number of hydrogen-bond acceptors (Lipinski definition) is 5. The standard InChI is InChI=1S/C9H11N5O3/c15-8-6-7(10-9(16)11-8)14(13-12-6)4-5-2-1-3-17-5/h5H,1-4H2,(H2,10,11,15,16). The summed E-state index contributed by atoms with van der Waals surface area (Å²) in [6.07, 6.45) is 2.05. The van der Waals surface area contributed by atoms with Gasteiger partial charge in [0.25, 0.3) is 5.56 Å². The zero-order valence-electron chi connectivity index (χ0n) is 8.97. The average molecular weight is 237 g/mol. The van der Waals surface area contributed by atoms with E-state index in [0.717, 1.165) is 19.4 Å². The van der Waals surface area contributed by atoms with Crippen LogP contribution in [0.3, 0.4) is 0 Å². The molecule has 0 saturated carbocycles. The van der Waals surface area contributed by atoms with Crippen LogP contribution in [0.25, 0.3) is 11.2 Å². The maximum absolute atomic E-state index is 11.4. The molecule has 1 aliphatic rings. The van der Waals surface area contributed by atoms with Gasteiger partial charge in [0.1, 0.15) is 0 Å². The molecule has 1 aliphatic heterocycles.